The van der Waals surface area contributed by atoms with Gasteiger partial charge in [0.15, 0.2) is 0 Å². The first-order valence-corrected chi connectivity index (χ1v) is 10.6. The summed E-state index contributed by atoms with van der Waals surface area (Å²) in [6, 6.07) is 13.9. The first-order valence-electron chi connectivity index (χ1n) is 8.17. The van der Waals surface area contributed by atoms with Crippen LogP contribution in [0.1, 0.15) is 19.8 Å². The Labute approximate surface area is 152 Å². The van der Waals surface area contributed by atoms with E-state index in [2.05, 4.69) is 5.32 Å². The highest BCUT2D eigenvalue weighted by atomic mass is 32.2. The van der Waals surface area contributed by atoms with Crippen molar-refractivity contribution in [2.24, 2.45) is 0 Å². The molecule has 1 aliphatic heterocycles. The molecule has 25 heavy (non-hydrogen) atoms. The second-order valence-electron chi connectivity index (χ2n) is 5.72. The molecule has 0 saturated heterocycles. The van der Waals surface area contributed by atoms with Gasteiger partial charge in [0.2, 0.25) is 5.91 Å². The number of hydrogen-bond acceptors (Lipinski definition) is 4. The minimum absolute atomic E-state index is 0.0663. The van der Waals surface area contributed by atoms with E-state index in [1.807, 2.05) is 19.1 Å². The van der Waals surface area contributed by atoms with Gasteiger partial charge in [-0.15, -0.1) is 11.8 Å². The standard InChI is InChI=1S/C18H20N2O3S2/c1-2-6-18(21)19-14-9-10-17-16(13-14)20(11-12-24-17)25(22,23)15-7-4-3-5-8-15/h3-5,7-10,13H,2,6,11-12H2,1H3,(H,19,21). The van der Waals surface area contributed by atoms with Crippen molar-refractivity contribution in [2.75, 3.05) is 21.9 Å². The fourth-order valence-corrected chi connectivity index (χ4v) is 5.34. The van der Waals surface area contributed by atoms with E-state index < -0.39 is 10.0 Å². The van der Waals surface area contributed by atoms with Crippen LogP contribution in [0.5, 0.6) is 0 Å². The van der Waals surface area contributed by atoms with Crippen LogP contribution in [0.4, 0.5) is 11.4 Å². The van der Waals surface area contributed by atoms with Gasteiger partial charge in [-0.2, -0.15) is 0 Å². The molecule has 0 saturated carbocycles. The molecule has 0 radical (unpaired) electrons. The van der Waals surface area contributed by atoms with Crippen LogP contribution in [0.3, 0.4) is 0 Å². The molecule has 0 spiro atoms. The number of nitrogens with zero attached hydrogens (tertiary/aromatic N) is 1. The molecule has 132 valence electrons. The van der Waals surface area contributed by atoms with E-state index in [0.29, 0.717) is 30.1 Å². The lowest BCUT2D eigenvalue weighted by molar-refractivity contribution is -0.116. The highest BCUT2D eigenvalue weighted by molar-refractivity contribution is 8.00. The first-order chi connectivity index (χ1) is 12.0. The zero-order valence-corrected chi connectivity index (χ0v) is 15.6. The molecule has 0 aromatic heterocycles. The van der Waals surface area contributed by atoms with Crippen molar-refractivity contribution >= 4 is 39.1 Å². The summed E-state index contributed by atoms with van der Waals surface area (Å²) in [6.07, 6.45) is 1.21. The number of benzene rings is 2. The lowest BCUT2D eigenvalue weighted by atomic mass is 10.2. The summed E-state index contributed by atoms with van der Waals surface area (Å²) >= 11 is 1.62. The maximum atomic E-state index is 13.0. The molecule has 7 heteroatoms. The number of sulfonamides is 1. The number of amides is 1. The van der Waals surface area contributed by atoms with Gasteiger partial charge in [0.25, 0.3) is 10.0 Å². The number of anilines is 2. The summed E-state index contributed by atoms with van der Waals surface area (Å²) in [5.74, 6) is 0.629. The molecule has 3 rings (SSSR count). The summed E-state index contributed by atoms with van der Waals surface area (Å²) in [4.78, 5) is 13.0. The molecule has 2 aromatic carbocycles. The van der Waals surface area contributed by atoms with Crippen molar-refractivity contribution < 1.29 is 13.2 Å². The van der Waals surface area contributed by atoms with Crippen molar-refractivity contribution in [1.29, 1.82) is 0 Å². The quantitative estimate of drug-likeness (QED) is 0.863. The summed E-state index contributed by atoms with van der Waals surface area (Å²) in [5, 5.41) is 2.84. The predicted molar refractivity (Wildman–Crippen MR) is 102 cm³/mol. The number of rotatable bonds is 5. The molecule has 5 nitrogen and oxygen atoms in total. The van der Waals surface area contributed by atoms with Crippen LogP contribution in [0.25, 0.3) is 0 Å². The second-order valence-corrected chi connectivity index (χ2v) is 8.72. The molecule has 0 unspecified atom stereocenters. The Bertz CT molecular complexity index is 867. The maximum absolute atomic E-state index is 13.0. The van der Waals surface area contributed by atoms with Crippen LogP contribution in [-0.4, -0.2) is 26.6 Å². The number of fused-ring (bicyclic) bond motifs is 1. The van der Waals surface area contributed by atoms with Crippen molar-refractivity contribution in [3.63, 3.8) is 0 Å². The van der Waals surface area contributed by atoms with Gasteiger partial charge in [0.1, 0.15) is 0 Å². The minimum atomic E-state index is -3.62. The van der Waals surface area contributed by atoms with Gasteiger partial charge >= 0.3 is 0 Å². The minimum Gasteiger partial charge on any atom is -0.326 e. The van der Waals surface area contributed by atoms with Gasteiger partial charge < -0.3 is 5.32 Å². The number of hydrogen-bond donors (Lipinski definition) is 1. The number of nitrogens with one attached hydrogen (secondary N) is 1. The van der Waals surface area contributed by atoms with E-state index in [-0.39, 0.29) is 10.8 Å². The van der Waals surface area contributed by atoms with Crippen LogP contribution in [0.2, 0.25) is 0 Å². The third-order valence-electron chi connectivity index (χ3n) is 3.87. The van der Waals surface area contributed by atoms with E-state index in [1.165, 1.54) is 4.31 Å². The van der Waals surface area contributed by atoms with Gasteiger partial charge in [-0.05, 0) is 36.8 Å². The summed E-state index contributed by atoms with van der Waals surface area (Å²) in [7, 11) is -3.62. The third-order valence-corrected chi connectivity index (χ3v) is 6.74. The Morgan fingerprint density at radius 3 is 2.68 bits per heavy atom. The highest BCUT2D eigenvalue weighted by Crippen LogP contribution is 2.39. The normalized spacial score (nSPS) is 14.0. The Morgan fingerprint density at radius 2 is 1.96 bits per heavy atom. The Balaban J connectivity index is 1.96. The molecular formula is C18H20N2O3S2. The third kappa shape index (κ3) is 3.82. The topological polar surface area (TPSA) is 66.5 Å². The highest BCUT2D eigenvalue weighted by Gasteiger charge is 2.29. The number of carbonyl (C=O) groups is 1. The molecule has 0 aliphatic carbocycles. The lowest BCUT2D eigenvalue weighted by Gasteiger charge is -2.30. The van der Waals surface area contributed by atoms with Crippen molar-refractivity contribution in [3.8, 4) is 0 Å². The van der Waals surface area contributed by atoms with Crippen LogP contribution >= 0.6 is 11.8 Å². The first kappa shape index (κ1) is 17.8. The Morgan fingerprint density at radius 1 is 1.20 bits per heavy atom. The van der Waals surface area contributed by atoms with Crippen molar-refractivity contribution in [3.05, 3.63) is 48.5 Å². The van der Waals surface area contributed by atoms with E-state index in [4.69, 9.17) is 0 Å². The molecule has 0 bridgehead atoms. The summed E-state index contributed by atoms with van der Waals surface area (Å²) in [5.41, 5.74) is 1.24. The lowest BCUT2D eigenvalue weighted by Crippen LogP contribution is -2.35. The zero-order valence-electron chi connectivity index (χ0n) is 13.9. The Kier molecular flexibility index (Phi) is 5.34. The maximum Gasteiger partial charge on any atom is 0.264 e. The van der Waals surface area contributed by atoms with Gasteiger partial charge in [0, 0.05) is 29.3 Å². The fraction of sp³-hybridized carbons (Fsp3) is 0.278. The van der Waals surface area contributed by atoms with Crippen LogP contribution in [0.15, 0.2) is 58.3 Å². The molecule has 1 heterocycles. The van der Waals surface area contributed by atoms with E-state index in [1.54, 1.807) is 48.2 Å². The Hall–Kier alpha value is -1.99. The summed E-state index contributed by atoms with van der Waals surface area (Å²) < 4.78 is 27.5. The van der Waals surface area contributed by atoms with E-state index in [9.17, 15) is 13.2 Å². The van der Waals surface area contributed by atoms with Crippen molar-refractivity contribution in [1.82, 2.24) is 0 Å². The molecule has 2 aromatic rings. The second kappa shape index (κ2) is 7.49. The average molecular weight is 377 g/mol. The average Bonchev–Trinajstić information content (AvgIpc) is 2.62. The van der Waals surface area contributed by atoms with E-state index in [0.717, 1.165) is 11.3 Å². The smallest absolute Gasteiger partial charge is 0.264 e. The largest absolute Gasteiger partial charge is 0.326 e. The van der Waals surface area contributed by atoms with Gasteiger partial charge in [0.05, 0.1) is 10.6 Å². The number of thioether (sulfide) groups is 1. The predicted octanol–water partition coefficient (Wildman–Crippen LogP) is 3.73. The van der Waals surface area contributed by atoms with Crippen LogP contribution < -0.4 is 9.62 Å². The molecule has 0 atom stereocenters. The fourth-order valence-electron chi connectivity index (χ4n) is 2.69. The van der Waals surface area contributed by atoms with Gasteiger partial charge in [-0.1, -0.05) is 25.1 Å². The molecule has 0 fully saturated rings. The molecular weight excluding hydrogens is 356 g/mol. The molecule has 1 aliphatic rings. The van der Waals surface area contributed by atoms with Crippen LogP contribution in [0, 0.1) is 0 Å². The monoisotopic (exact) mass is 376 g/mol. The summed E-state index contributed by atoms with van der Waals surface area (Å²) in [6.45, 7) is 2.35. The van der Waals surface area contributed by atoms with Crippen LogP contribution in [-0.2, 0) is 14.8 Å². The molecule has 1 amide bonds. The SMILES string of the molecule is CCCC(=O)Nc1ccc2c(c1)N(S(=O)(=O)c1ccccc1)CCS2. The van der Waals surface area contributed by atoms with Gasteiger partial charge in [-0.3, -0.25) is 9.10 Å². The zero-order chi connectivity index (χ0) is 17.9. The number of carbonyl (C=O) groups excluding carboxylic acids is 1. The van der Waals surface area contributed by atoms with Crippen molar-refractivity contribution in [2.45, 2.75) is 29.6 Å². The molecule has 1 N–H and O–H groups in total. The van der Waals surface area contributed by atoms with Gasteiger partial charge in [-0.25, -0.2) is 8.42 Å². The van der Waals surface area contributed by atoms with E-state index >= 15 is 0 Å².